The Morgan fingerprint density at radius 3 is 2.95 bits per heavy atom. The van der Waals surface area contributed by atoms with E-state index in [1.807, 2.05) is 18.4 Å². The summed E-state index contributed by atoms with van der Waals surface area (Å²) in [6.07, 6.45) is 5.89. The maximum atomic E-state index is 5.97. The number of rotatable bonds is 4. The summed E-state index contributed by atoms with van der Waals surface area (Å²) in [6, 6.07) is 8.99. The number of hydrogen-bond donors (Lipinski definition) is 1. The first-order valence-electron chi connectivity index (χ1n) is 7.23. The Balaban J connectivity index is 1.58. The van der Waals surface area contributed by atoms with E-state index in [-0.39, 0.29) is 6.10 Å². The van der Waals surface area contributed by atoms with E-state index in [4.69, 9.17) is 9.15 Å². The van der Waals surface area contributed by atoms with Gasteiger partial charge in [-0.3, -0.25) is 0 Å². The highest BCUT2D eigenvalue weighted by molar-refractivity contribution is 5.81. The number of hydrogen-bond acceptors (Lipinski definition) is 3. The molecule has 3 nitrogen and oxygen atoms in total. The molecule has 100 valence electrons. The third-order valence-electron chi connectivity index (χ3n) is 4.28. The number of nitrogens with one attached hydrogen (secondary N) is 1. The van der Waals surface area contributed by atoms with E-state index in [0.29, 0.717) is 5.92 Å². The van der Waals surface area contributed by atoms with Crippen LogP contribution in [0.4, 0.5) is 0 Å². The van der Waals surface area contributed by atoms with Crippen LogP contribution in [0.1, 0.15) is 30.9 Å². The molecule has 1 saturated heterocycles. The molecular formula is C16H19NO2. The minimum atomic E-state index is 0.190. The van der Waals surface area contributed by atoms with E-state index in [1.165, 1.54) is 23.8 Å². The molecule has 1 saturated carbocycles. The summed E-state index contributed by atoms with van der Waals surface area (Å²) in [7, 11) is 0. The van der Waals surface area contributed by atoms with Crippen molar-refractivity contribution < 1.29 is 9.15 Å². The highest BCUT2D eigenvalue weighted by Crippen LogP contribution is 2.38. The van der Waals surface area contributed by atoms with Crippen LogP contribution in [-0.4, -0.2) is 19.2 Å². The molecule has 0 bridgehead atoms. The second-order valence-corrected chi connectivity index (χ2v) is 5.71. The monoisotopic (exact) mass is 257 g/mol. The summed E-state index contributed by atoms with van der Waals surface area (Å²) < 4.78 is 11.6. The summed E-state index contributed by atoms with van der Waals surface area (Å²) in [5, 5.41) is 4.83. The van der Waals surface area contributed by atoms with Gasteiger partial charge in [0.15, 0.2) is 0 Å². The van der Waals surface area contributed by atoms with Crippen molar-refractivity contribution >= 4 is 11.0 Å². The van der Waals surface area contributed by atoms with Crippen LogP contribution in [0.5, 0.6) is 0 Å². The maximum Gasteiger partial charge on any atom is 0.134 e. The SMILES string of the molecule is c1ccc2c(C3OCCC3CNC3CC3)coc2c1. The van der Waals surface area contributed by atoms with Gasteiger partial charge < -0.3 is 14.5 Å². The minimum absolute atomic E-state index is 0.190. The summed E-state index contributed by atoms with van der Waals surface area (Å²) in [4.78, 5) is 0. The van der Waals surface area contributed by atoms with Crippen LogP contribution in [0.15, 0.2) is 34.9 Å². The predicted octanol–water partition coefficient (Wildman–Crippen LogP) is 3.26. The van der Waals surface area contributed by atoms with Crippen molar-refractivity contribution in [3.8, 4) is 0 Å². The van der Waals surface area contributed by atoms with Gasteiger partial charge in [0.2, 0.25) is 0 Å². The molecule has 3 heteroatoms. The fourth-order valence-electron chi connectivity index (χ4n) is 3.01. The van der Waals surface area contributed by atoms with Crippen molar-refractivity contribution in [3.63, 3.8) is 0 Å². The van der Waals surface area contributed by atoms with Crippen molar-refractivity contribution in [2.45, 2.75) is 31.4 Å². The Labute approximate surface area is 112 Å². The van der Waals surface area contributed by atoms with Gasteiger partial charge in [0.1, 0.15) is 5.58 Å². The van der Waals surface area contributed by atoms with Crippen LogP contribution >= 0.6 is 0 Å². The molecule has 2 fully saturated rings. The van der Waals surface area contributed by atoms with E-state index in [9.17, 15) is 0 Å². The molecule has 2 aromatic rings. The highest BCUT2D eigenvalue weighted by atomic mass is 16.5. The molecule has 1 aliphatic carbocycles. The molecule has 0 amide bonds. The van der Waals surface area contributed by atoms with E-state index in [2.05, 4.69) is 17.4 Å². The average molecular weight is 257 g/mol. The van der Waals surface area contributed by atoms with Crippen molar-refractivity contribution in [1.82, 2.24) is 5.32 Å². The fourth-order valence-corrected chi connectivity index (χ4v) is 3.01. The lowest BCUT2D eigenvalue weighted by atomic mass is 9.95. The lowest BCUT2D eigenvalue weighted by Crippen LogP contribution is -2.26. The zero-order valence-electron chi connectivity index (χ0n) is 11.0. The first kappa shape index (κ1) is 11.5. The first-order chi connectivity index (χ1) is 9.42. The van der Waals surface area contributed by atoms with Crippen LogP contribution in [0.2, 0.25) is 0 Å². The summed E-state index contributed by atoms with van der Waals surface area (Å²) >= 11 is 0. The van der Waals surface area contributed by atoms with Crippen LogP contribution in [0.3, 0.4) is 0 Å². The lowest BCUT2D eigenvalue weighted by molar-refractivity contribution is 0.0909. The molecule has 1 aromatic carbocycles. The van der Waals surface area contributed by atoms with Crippen molar-refractivity contribution in [2.24, 2.45) is 5.92 Å². The first-order valence-corrected chi connectivity index (χ1v) is 7.23. The van der Waals surface area contributed by atoms with Crippen molar-refractivity contribution in [2.75, 3.05) is 13.2 Å². The Kier molecular flexibility index (Phi) is 2.82. The van der Waals surface area contributed by atoms with Crippen LogP contribution < -0.4 is 5.32 Å². The maximum absolute atomic E-state index is 5.97. The zero-order chi connectivity index (χ0) is 12.7. The normalized spacial score (nSPS) is 27.2. The average Bonchev–Trinajstić information content (AvgIpc) is 3.00. The number of benzene rings is 1. The van der Waals surface area contributed by atoms with Crippen LogP contribution in [-0.2, 0) is 4.74 Å². The minimum Gasteiger partial charge on any atom is -0.464 e. The molecule has 0 spiro atoms. The number of ether oxygens (including phenoxy) is 1. The van der Waals surface area contributed by atoms with Crippen molar-refractivity contribution in [3.05, 3.63) is 36.1 Å². The lowest BCUT2D eigenvalue weighted by Gasteiger charge is -2.18. The Bertz CT molecular complexity index is 573. The Hall–Kier alpha value is -1.32. The number of furan rings is 1. The van der Waals surface area contributed by atoms with Gasteiger partial charge in [0.25, 0.3) is 0 Å². The zero-order valence-corrected chi connectivity index (χ0v) is 11.0. The molecule has 2 unspecified atom stereocenters. The van der Waals surface area contributed by atoms with E-state index in [0.717, 1.165) is 31.2 Å². The third kappa shape index (κ3) is 2.17. The highest BCUT2D eigenvalue weighted by Gasteiger charge is 2.33. The molecule has 19 heavy (non-hydrogen) atoms. The van der Waals surface area contributed by atoms with Crippen molar-refractivity contribution in [1.29, 1.82) is 0 Å². The summed E-state index contributed by atoms with van der Waals surface area (Å²) in [5.41, 5.74) is 2.18. The van der Waals surface area contributed by atoms with Gasteiger partial charge >= 0.3 is 0 Å². The molecular weight excluding hydrogens is 238 g/mol. The predicted molar refractivity (Wildman–Crippen MR) is 74.0 cm³/mol. The standard InChI is InChI=1S/C16H19NO2/c1-2-4-15-13(3-1)14(10-19-15)16-11(7-8-18-16)9-17-12-5-6-12/h1-4,10-12,16-17H,5-9H2. The molecule has 2 heterocycles. The number of fused-ring (bicyclic) bond motifs is 1. The van der Waals surface area contributed by atoms with Gasteiger partial charge in [-0.25, -0.2) is 0 Å². The quantitative estimate of drug-likeness (QED) is 0.913. The summed E-state index contributed by atoms with van der Waals surface area (Å²) in [5.74, 6) is 0.571. The Morgan fingerprint density at radius 2 is 2.05 bits per heavy atom. The largest absolute Gasteiger partial charge is 0.464 e. The van der Waals surface area contributed by atoms with Gasteiger partial charge in [-0.1, -0.05) is 18.2 Å². The molecule has 4 rings (SSSR count). The number of para-hydroxylation sites is 1. The molecule has 1 N–H and O–H groups in total. The van der Waals surface area contributed by atoms with Crippen LogP contribution in [0, 0.1) is 5.92 Å². The van der Waals surface area contributed by atoms with E-state index < -0.39 is 0 Å². The third-order valence-corrected chi connectivity index (χ3v) is 4.28. The molecule has 1 aromatic heterocycles. The van der Waals surface area contributed by atoms with E-state index in [1.54, 1.807) is 0 Å². The summed E-state index contributed by atoms with van der Waals surface area (Å²) in [6.45, 7) is 1.93. The van der Waals surface area contributed by atoms with E-state index >= 15 is 0 Å². The smallest absolute Gasteiger partial charge is 0.134 e. The van der Waals surface area contributed by atoms with Gasteiger partial charge in [0.05, 0.1) is 12.4 Å². The van der Waals surface area contributed by atoms with Gasteiger partial charge in [-0.15, -0.1) is 0 Å². The molecule has 2 aliphatic rings. The molecule has 2 atom stereocenters. The fraction of sp³-hybridized carbons (Fsp3) is 0.500. The molecule has 1 aliphatic heterocycles. The van der Waals surface area contributed by atoms with Gasteiger partial charge in [-0.2, -0.15) is 0 Å². The van der Waals surface area contributed by atoms with Gasteiger partial charge in [0, 0.05) is 36.1 Å². The van der Waals surface area contributed by atoms with Crippen LogP contribution in [0.25, 0.3) is 11.0 Å². The molecule has 0 radical (unpaired) electrons. The topological polar surface area (TPSA) is 34.4 Å². The Morgan fingerprint density at radius 1 is 1.16 bits per heavy atom. The second-order valence-electron chi connectivity index (χ2n) is 5.71. The van der Waals surface area contributed by atoms with Gasteiger partial charge in [-0.05, 0) is 25.3 Å². The second kappa shape index (κ2) is 4.66.